The van der Waals surface area contributed by atoms with Crippen LogP contribution in [0.25, 0.3) is 11.1 Å². The van der Waals surface area contributed by atoms with Crippen LogP contribution in [0.1, 0.15) is 40.0 Å². The lowest BCUT2D eigenvalue weighted by molar-refractivity contribution is -0.134. The first-order chi connectivity index (χ1) is 12.5. The molecule has 0 heterocycles. The number of hydrogen-bond donors (Lipinski definition) is 0. The molecular weight excluding hydrogens is 364 g/mol. The second-order valence-electron chi connectivity index (χ2n) is 6.67. The maximum absolute atomic E-state index is 11.9. The van der Waals surface area contributed by atoms with Gasteiger partial charge in [0.15, 0.2) is 0 Å². The van der Waals surface area contributed by atoms with Gasteiger partial charge in [-0.1, -0.05) is 57.9 Å². The molecule has 0 aliphatic carbocycles. The second-order valence-corrected chi connectivity index (χ2v) is 8.31. The van der Waals surface area contributed by atoms with Gasteiger partial charge in [-0.05, 0) is 53.5 Å². The molecule has 2 aromatic carbocycles. The minimum atomic E-state index is -0.628. The summed E-state index contributed by atoms with van der Waals surface area (Å²) in [6.45, 7) is 6.02. The number of benzene rings is 2. The van der Waals surface area contributed by atoms with Crippen molar-refractivity contribution in [1.82, 2.24) is 0 Å². The van der Waals surface area contributed by atoms with Crippen molar-refractivity contribution in [3.05, 3.63) is 48.5 Å². The minimum Gasteiger partial charge on any atom is -0.425 e. The molecule has 2 aromatic rings. The van der Waals surface area contributed by atoms with Crippen LogP contribution >= 0.6 is 23.4 Å². The number of unbranched alkanes of at least 4 members (excludes halogenated alkanes) is 2. The van der Waals surface area contributed by atoms with Gasteiger partial charge in [0.1, 0.15) is 11.1 Å². The fourth-order valence-electron chi connectivity index (χ4n) is 2.45. The van der Waals surface area contributed by atoms with Crippen molar-refractivity contribution in [2.24, 2.45) is 5.92 Å². The highest BCUT2D eigenvalue weighted by Crippen LogP contribution is 2.27. The molecule has 2 nitrogen and oxygen atoms in total. The fourth-order valence-corrected chi connectivity index (χ4v) is 3.40. The molecule has 0 spiro atoms. The predicted molar refractivity (Wildman–Crippen MR) is 112 cm³/mol. The first-order valence-electron chi connectivity index (χ1n) is 9.20. The number of halogens is 1. The van der Waals surface area contributed by atoms with E-state index in [4.69, 9.17) is 16.3 Å². The van der Waals surface area contributed by atoms with Gasteiger partial charge in [-0.2, -0.15) is 0 Å². The zero-order valence-electron chi connectivity index (χ0n) is 15.7. The number of carbonyl (C=O) groups excluding carboxylic acids is 1. The highest BCUT2D eigenvalue weighted by Gasteiger charge is 2.21. The van der Waals surface area contributed by atoms with Gasteiger partial charge < -0.3 is 4.74 Å². The first-order valence-corrected chi connectivity index (χ1v) is 10.6. The van der Waals surface area contributed by atoms with Gasteiger partial charge >= 0.3 is 5.97 Å². The third kappa shape index (κ3) is 6.37. The molecule has 0 aromatic heterocycles. The van der Waals surface area contributed by atoms with Gasteiger partial charge in [0, 0.05) is 4.90 Å². The maximum Gasteiger partial charge on any atom is 0.329 e. The molecule has 0 aliphatic heterocycles. The van der Waals surface area contributed by atoms with E-state index in [0.717, 1.165) is 11.1 Å². The van der Waals surface area contributed by atoms with Gasteiger partial charge in [-0.3, -0.25) is 4.79 Å². The lowest BCUT2D eigenvalue weighted by Gasteiger charge is -2.12. The van der Waals surface area contributed by atoms with Crippen LogP contribution in [-0.2, 0) is 4.79 Å². The number of rotatable bonds is 9. The Morgan fingerprint density at radius 3 is 2.12 bits per heavy atom. The summed E-state index contributed by atoms with van der Waals surface area (Å²) in [7, 11) is 0. The van der Waals surface area contributed by atoms with E-state index < -0.39 is 11.3 Å². The standard InChI is InChI=1S/C22H27ClO2S/c1-4-5-6-15-26-20-13-9-18(10-14-20)17-7-11-19(12-8-17)25-22(24)21(23)16(2)3/h7-14,16,21H,4-6,15H2,1-3H3. The zero-order valence-corrected chi connectivity index (χ0v) is 17.3. The van der Waals surface area contributed by atoms with Crippen molar-refractivity contribution >= 4 is 29.3 Å². The van der Waals surface area contributed by atoms with Crippen molar-refractivity contribution in [2.75, 3.05) is 5.75 Å². The molecule has 0 radical (unpaired) electrons. The Labute approximate surface area is 166 Å². The van der Waals surface area contributed by atoms with Crippen LogP contribution in [0, 0.1) is 5.92 Å². The van der Waals surface area contributed by atoms with Crippen LogP contribution in [0.3, 0.4) is 0 Å². The Bertz CT molecular complexity index is 680. The lowest BCUT2D eigenvalue weighted by Crippen LogP contribution is -2.25. The number of carbonyl (C=O) groups is 1. The third-order valence-electron chi connectivity index (χ3n) is 4.09. The molecule has 26 heavy (non-hydrogen) atoms. The average Bonchev–Trinajstić information content (AvgIpc) is 2.65. The predicted octanol–water partition coefficient (Wildman–Crippen LogP) is 6.80. The van der Waals surface area contributed by atoms with E-state index >= 15 is 0 Å². The Kier molecular flexibility index (Phi) is 8.53. The van der Waals surface area contributed by atoms with Crippen molar-refractivity contribution in [1.29, 1.82) is 0 Å². The largest absolute Gasteiger partial charge is 0.425 e. The van der Waals surface area contributed by atoms with Gasteiger partial charge in [0.2, 0.25) is 0 Å². The Balaban J connectivity index is 1.94. The van der Waals surface area contributed by atoms with Crippen LogP contribution in [0.5, 0.6) is 5.75 Å². The maximum atomic E-state index is 11.9. The summed E-state index contributed by atoms with van der Waals surface area (Å²) >= 11 is 7.94. The molecular formula is C22H27ClO2S. The highest BCUT2D eigenvalue weighted by atomic mass is 35.5. The molecule has 0 saturated heterocycles. The molecule has 0 fully saturated rings. The molecule has 2 rings (SSSR count). The third-order valence-corrected chi connectivity index (χ3v) is 5.87. The van der Waals surface area contributed by atoms with E-state index in [0.29, 0.717) is 5.75 Å². The zero-order chi connectivity index (χ0) is 18.9. The number of alkyl halides is 1. The SMILES string of the molecule is CCCCCSc1ccc(-c2ccc(OC(=O)C(Cl)C(C)C)cc2)cc1. The van der Waals surface area contributed by atoms with Gasteiger partial charge in [-0.15, -0.1) is 23.4 Å². The summed E-state index contributed by atoms with van der Waals surface area (Å²) in [6.07, 6.45) is 3.82. The van der Waals surface area contributed by atoms with Crippen molar-refractivity contribution in [3.63, 3.8) is 0 Å². The monoisotopic (exact) mass is 390 g/mol. The van der Waals surface area contributed by atoms with Crippen LogP contribution in [0.2, 0.25) is 0 Å². The summed E-state index contributed by atoms with van der Waals surface area (Å²) in [5, 5.41) is -0.628. The Morgan fingerprint density at radius 1 is 1.00 bits per heavy atom. The van der Waals surface area contributed by atoms with Crippen molar-refractivity contribution in [2.45, 2.75) is 50.3 Å². The van der Waals surface area contributed by atoms with E-state index in [1.807, 2.05) is 49.9 Å². The first kappa shape index (κ1) is 20.9. The van der Waals surface area contributed by atoms with Crippen LogP contribution in [-0.4, -0.2) is 17.1 Å². The van der Waals surface area contributed by atoms with Crippen LogP contribution in [0.15, 0.2) is 53.4 Å². The number of ether oxygens (including phenoxy) is 1. The molecule has 0 amide bonds. The van der Waals surface area contributed by atoms with E-state index in [9.17, 15) is 4.79 Å². The van der Waals surface area contributed by atoms with Crippen LogP contribution in [0.4, 0.5) is 0 Å². The Hall–Kier alpha value is -1.45. The number of thioether (sulfide) groups is 1. The summed E-state index contributed by atoms with van der Waals surface area (Å²) in [6, 6.07) is 16.2. The Morgan fingerprint density at radius 2 is 1.58 bits per heavy atom. The quantitative estimate of drug-likeness (QED) is 0.155. The normalized spacial score (nSPS) is 12.2. The topological polar surface area (TPSA) is 26.3 Å². The second kappa shape index (κ2) is 10.6. The number of esters is 1. The molecule has 1 unspecified atom stereocenters. The van der Waals surface area contributed by atoms with Crippen LogP contribution < -0.4 is 4.74 Å². The molecule has 0 aliphatic rings. The molecule has 0 bridgehead atoms. The molecule has 0 saturated carbocycles. The summed E-state index contributed by atoms with van der Waals surface area (Å²) in [4.78, 5) is 13.2. The molecule has 1 atom stereocenters. The van der Waals surface area contributed by atoms with Crippen molar-refractivity contribution in [3.8, 4) is 16.9 Å². The summed E-state index contributed by atoms with van der Waals surface area (Å²) in [5.41, 5.74) is 2.25. The minimum absolute atomic E-state index is 0.0433. The van der Waals surface area contributed by atoms with E-state index in [2.05, 4.69) is 31.2 Å². The van der Waals surface area contributed by atoms with E-state index in [1.54, 1.807) is 0 Å². The molecule has 4 heteroatoms. The number of hydrogen-bond acceptors (Lipinski definition) is 3. The summed E-state index contributed by atoms with van der Waals surface area (Å²) < 4.78 is 5.34. The smallest absolute Gasteiger partial charge is 0.329 e. The molecule has 140 valence electrons. The van der Waals surface area contributed by atoms with Gasteiger partial charge in [0.25, 0.3) is 0 Å². The highest BCUT2D eigenvalue weighted by molar-refractivity contribution is 7.99. The van der Waals surface area contributed by atoms with Gasteiger partial charge in [0.05, 0.1) is 0 Å². The van der Waals surface area contributed by atoms with E-state index in [1.165, 1.54) is 29.9 Å². The summed E-state index contributed by atoms with van der Waals surface area (Å²) in [5.74, 6) is 1.33. The average molecular weight is 391 g/mol. The van der Waals surface area contributed by atoms with Gasteiger partial charge in [-0.25, -0.2) is 0 Å². The van der Waals surface area contributed by atoms with E-state index in [-0.39, 0.29) is 5.92 Å². The fraction of sp³-hybridized carbons (Fsp3) is 0.409. The van der Waals surface area contributed by atoms with Crippen molar-refractivity contribution < 1.29 is 9.53 Å². The molecule has 0 N–H and O–H groups in total. The lowest BCUT2D eigenvalue weighted by atomic mass is 10.1.